The van der Waals surface area contributed by atoms with Gasteiger partial charge in [-0.1, -0.05) is 36.8 Å². The molecule has 154 valence electrons. The van der Waals surface area contributed by atoms with E-state index in [0.29, 0.717) is 13.0 Å². The molecule has 2 rings (SSSR count). The number of hydrogen-bond acceptors (Lipinski definition) is 4. The molecule has 1 aromatic carbocycles. The lowest BCUT2D eigenvalue weighted by Gasteiger charge is -2.26. The normalized spacial score (nSPS) is 15.8. The van der Waals surface area contributed by atoms with E-state index in [1.54, 1.807) is 7.05 Å². The lowest BCUT2D eigenvalue weighted by Crippen LogP contribution is -2.43. The van der Waals surface area contributed by atoms with E-state index in [0.717, 1.165) is 24.6 Å². The number of halogens is 1. The summed E-state index contributed by atoms with van der Waals surface area (Å²) in [4.78, 5) is 6.67. The van der Waals surface area contributed by atoms with Crippen molar-refractivity contribution in [2.45, 2.75) is 31.4 Å². The van der Waals surface area contributed by atoms with E-state index < -0.39 is 9.84 Å². The highest BCUT2D eigenvalue weighted by atomic mass is 127. The number of aliphatic imine (C=N–C) groups is 1. The van der Waals surface area contributed by atoms with Crippen LogP contribution in [0.25, 0.3) is 0 Å². The van der Waals surface area contributed by atoms with Crippen molar-refractivity contribution in [3.8, 4) is 0 Å². The SMILES string of the molecule is CN=C(NCCCS(=O)(=O)Cc1ccccc1)NCCN1CCCCC1.I. The maximum atomic E-state index is 12.2. The lowest BCUT2D eigenvalue weighted by atomic mass is 10.1. The molecular weight excluding hydrogens is 475 g/mol. The zero-order valence-electron chi connectivity index (χ0n) is 16.2. The fourth-order valence-electron chi connectivity index (χ4n) is 3.14. The molecule has 1 aliphatic rings. The van der Waals surface area contributed by atoms with Gasteiger partial charge in [0.25, 0.3) is 0 Å². The van der Waals surface area contributed by atoms with Crippen molar-refractivity contribution in [1.82, 2.24) is 15.5 Å². The Hall–Kier alpha value is -0.870. The third-order valence-electron chi connectivity index (χ3n) is 4.55. The van der Waals surface area contributed by atoms with Crippen molar-refractivity contribution < 1.29 is 8.42 Å². The quantitative estimate of drug-likeness (QED) is 0.232. The highest BCUT2D eigenvalue weighted by molar-refractivity contribution is 14.0. The van der Waals surface area contributed by atoms with Crippen LogP contribution in [0.2, 0.25) is 0 Å². The second-order valence-electron chi connectivity index (χ2n) is 6.76. The summed E-state index contributed by atoms with van der Waals surface area (Å²) in [6.07, 6.45) is 4.51. The third kappa shape index (κ3) is 10.3. The average Bonchev–Trinajstić information content (AvgIpc) is 2.65. The number of nitrogens with zero attached hydrogens (tertiary/aromatic N) is 2. The molecule has 0 spiro atoms. The highest BCUT2D eigenvalue weighted by Gasteiger charge is 2.12. The Morgan fingerprint density at radius 3 is 2.41 bits per heavy atom. The van der Waals surface area contributed by atoms with Crippen molar-refractivity contribution in [3.05, 3.63) is 35.9 Å². The molecule has 0 radical (unpaired) electrons. The van der Waals surface area contributed by atoms with Crippen molar-refractivity contribution in [2.24, 2.45) is 4.99 Å². The molecule has 0 saturated carbocycles. The van der Waals surface area contributed by atoms with Gasteiger partial charge in [0.1, 0.15) is 0 Å². The Bertz CT molecular complexity index is 647. The molecule has 6 nitrogen and oxygen atoms in total. The summed E-state index contributed by atoms with van der Waals surface area (Å²) < 4.78 is 24.4. The number of benzene rings is 1. The van der Waals surface area contributed by atoms with Gasteiger partial charge in [-0.3, -0.25) is 4.99 Å². The molecule has 0 atom stereocenters. The highest BCUT2D eigenvalue weighted by Crippen LogP contribution is 2.08. The molecule has 1 heterocycles. The molecular formula is C19H33IN4O2S. The number of likely N-dealkylation sites (tertiary alicyclic amines) is 1. The number of nitrogens with one attached hydrogen (secondary N) is 2. The monoisotopic (exact) mass is 508 g/mol. The van der Waals surface area contributed by atoms with Gasteiger partial charge in [0, 0.05) is 26.7 Å². The predicted molar refractivity (Wildman–Crippen MR) is 124 cm³/mol. The second kappa shape index (κ2) is 13.3. The van der Waals surface area contributed by atoms with E-state index in [2.05, 4.69) is 20.5 Å². The van der Waals surface area contributed by atoms with Gasteiger partial charge in [-0.25, -0.2) is 8.42 Å². The van der Waals surface area contributed by atoms with Crippen LogP contribution in [0.1, 0.15) is 31.2 Å². The first-order valence-electron chi connectivity index (χ1n) is 9.50. The van der Waals surface area contributed by atoms with E-state index in [1.807, 2.05) is 30.3 Å². The minimum atomic E-state index is -3.08. The van der Waals surface area contributed by atoms with Crippen LogP contribution >= 0.6 is 24.0 Å². The molecule has 0 amide bonds. The molecule has 1 fully saturated rings. The molecule has 8 heteroatoms. The Morgan fingerprint density at radius 1 is 1.07 bits per heavy atom. The van der Waals surface area contributed by atoms with Gasteiger partial charge in [-0.2, -0.15) is 0 Å². The van der Waals surface area contributed by atoms with Crippen molar-refractivity contribution in [2.75, 3.05) is 45.5 Å². The maximum absolute atomic E-state index is 12.2. The van der Waals surface area contributed by atoms with Crippen molar-refractivity contribution in [3.63, 3.8) is 0 Å². The van der Waals surface area contributed by atoms with E-state index in [1.165, 1.54) is 32.4 Å². The van der Waals surface area contributed by atoms with E-state index >= 15 is 0 Å². The predicted octanol–water partition coefficient (Wildman–Crippen LogP) is 2.26. The Morgan fingerprint density at radius 2 is 1.74 bits per heavy atom. The minimum Gasteiger partial charge on any atom is -0.356 e. The fourth-order valence-corrected chi connectivity index (χ4v) is 4.56. The zero-order chi connectivity index (χ0) is 18.7. The molecule has 0 unspecified atom stereocenters. The summed E-state index contributed by atoms with van der Waals surface area (Å²) in [5.41, 5.74) is 0.843. The molecule has 0 bridgehead atoms. The van der Waals surface area contributed by atoms with Crippen LogP contribution in [0.15, 0.2) is 35.3 Å². The smallest absolute Gasteiger partial charge is 0.191 e. The number of guanidine groups is 1. The molecule has 0 aliphatic carbocycles. The van der Waals surface area contributed by atoms with Crippen LogP contribution in [0.3, 0.4) is 0 Å². The van der Waals surface area contributed by atoms with Crippen molar-refractivity contribution in [1.29, 1.82) is 0 Å². The first-order chi connectivity index (χ1) is 12.6. The summed E-state index contributed by atoms with van der Waals surface area (Å²) >= 11 is 0. The summed E-state index contributed by atoms with van der Waals surface area (Å²) in [5, 5.41) is 6.50. The van der Waals surface area contributed by atoms with Crippen LogP contribution in [-0.2, 0) is 15.6 Å². The van der Waals surface area contributed by atoms with Gasteiger partial charge >= 0.3 is 0 Å². The third-order valence-corrected chi connectivity index (χ3v) is 6.23. The van der Waals surface area contributed by atoms with E-state index in [4.69, 9.17) is 0 Å². The topological polar surface area (TPSA) is 73.8 Å². The first kappa shape index (κ1) is 24.2. The van der Waals surface area contributed by atoms with Crippen LogP contribution in [0.5, 0.6) is 0 Å². The van der Waals surface area contributed by atoms with Crippen LogP contribution in [-0.4, -0.2) is 64.8 Å². The second-order valence-corrected chi connectivity index (χ2v) is 8.94. The zero-order valence-corrected chi connectivity index (χ0v) is 19.3. The number of hydrogen-bond donors (Lipinski definition) is 2. The van der Waals surface area contributed by atoms with E-state index in [-0.39, 0.29) is 35.5 Å². The molecule has 1 aliphatic heterocycles. The van der Waals surface area contributed by atoms with Crippen LogP contribution in [0.4, 0.5) is 0 Å². The molecule has 0 aromatic heterocycles. The molecule has 27 heavy (non-hydrogen) atoms. The molecule has 2 N–H and O–H groups in total. The Labute approximate surface area is 181 Å². The Kier molecular flexibility index (Phi) is 11.9. The average molecular weight is 508 g/mol. The van der Waals surface area contributed by atoms with Gasteiger partial charge in [0.05, 0.1) is 11.5 Å². The summed E-state index contributed by atoms with van der Waals surface area (Å²) in [7, 11) is -1.34. The number of rotatable bonds is 9. The fraction of sp³-hybridized carbons (Fsp3) is 0.632. The number of piperidine rings is 1. The summed E-state index contributed by atoms with van der Waals surface area (Å²) in [6.45, 7) is 4.84. The molecule has 1 saturated heterocycles. The van der Waals surface area contributed by atoms with Gasteiger partial charge in [-0.05, 0) is 37.9 Å². The van der Waals surface area contributed by atoms with Crippen LogP contribution in [0, 0.1) is 0 Å². The van der Waals surface area contributed by atoms with Crippen molar-refractivity contribution >= 4 is 39.8 Å². The van der Waals surface area contributed by atoms with Gasteiger partial charge in [-0.15, -0.1) is 24.0 Å². The Balaban J connectivity index is 0.00000364. The maximum Gasteiger partial charge on any atom is 0.191 e. The summed E-state index contributed by atoms with van der Waals surface area (Å²) in [6, 6.07) is 9.33. The van der Waals surface area contributed by atoms with Gasteiger partial charge in [0.2, 0.25) is 0 Å². The first-order valence-corrected chi connectivity index (χ1v) is 11.3. The van der Waals surface area contributed by atoms with Gasteiger partial charge < -0.3 is 15.5 Å². The van der Waals surface area contributed by atoms with Crippen LogP contribution < -0.4 is 10.6 Å². The van der Waals surface area contributed by atoms with E-state index in [9.17, 15) is 8.42 Å². The largest absolute Gasteiger partial charge is 0.356 e. The minimum absolute atomic E-state index is 0. The molecule has 1 aromatic rings. The number of sulfone groups is 1. The standard InChI is InChI=1S/C19H32N4O2S.HI/c1-20-19(22-12-15-23-13-6-3-7-14-23)21-11-8-16-26(24,25)17-18-9-4-2-5-10-18;/h2,4-5,9-10H,3,6-8,11-17H2,1H3,(H2,20,21,22);1H. The van der Waals surface area contributed by atoms with Gasteiger partial charge in [0.15, 0.2) is 15.8 Å². The summed E-state index contributed by atoms with van der Waals surface area (Å²) in [5.74, 6) is 1.03. The lowest BCUT2D eigenvalue weighted by molar-refractivity contribution is 0.232.